The van der Waals surface area contributed by atoms with Gasteiger partial charge in [-0.05, 0) is 37.1 Å². The number of hydrogen-bond acceptors (Lipinski definition) is 3. The summed E-state index contributed by atoms with van der Waals surface area (Å²) in [5.41, 5.74) is 0.703. The Morgan fingerprint density at radius 2 is 2.12 bits per heavy atom. The zero-order valence-corrected chi connectivity index (χ0v) is 10.7. The van der Waals surface area contributed by atoms with Gasteiger partial charge in [-0.2, -0.15) is 0 Å². The Bertz CT molecular complexity index is 333. The van der Waals surface area contributed by atoms with Gasteiger partial charge in [-0.15, -0.1) is 0 Å². The van der Waals surface area contributed by atoms with Gasteiger partial charge < -0.3 is 15.2 Å². The number of nitrogens with one attached hydrogen (secondary N) is 1. The van der Waals surface area contributed by atoms with Crippen LogP contribution in [-0.2, 0) is 4.74 Å². The van der Waals surface area contributed by atoms with E-state index in [0.717, 1.165) is 29.6 Å². The van der Waals surface area contributed by atoms with E-state index >= 15 is 0 Å². The van der Waals surface area contributed by atoms with Crippen LogP contribution in [0.15, 0.2) is 28.7 Å². The Kier molecular flexibility index (Phi) is 3.84. The Morgan fingerprint density at radius 1 is 1.38 bits per heavy atom. The number of halogens is 1. The van der Waals surface area contributed by atoms with Gasteiger partial charge in [-0.3, -0.25) is 0 Å². The molecule has 0 saturated carbocycles. The third-order valence-electron chi connectivity index (χ3n) is 2.88. The van der Waals surface area contributed by atoms with E-state index in [4.69, 9.17) is 4.74 Å². The van der Waals surface area contributed by atoms with Crippen molar-refractivity contribution < 1.29 is 9.84 Å². The van der Waals surface area contributed by atoms with Crippen molar-refractivity contribution in [2.24, 2.45) is 0 Å². The molecule has 1 aliphatic rings. The molecule has 16 heavy (non-hydrogen) atoms. The van der Waals surface area contributed by atoms with Crippen molar-refractivity contribution in [3.8, 4) is 0 Å². The Labute approximate surface area is 104 Å². The molecule has 1 unspecified atom stereocenters. The average Bonchev–Trinajstić information content (AvgIpc) is 2.33. The second kappa shape index (κ2) is 5.17. The molecule has 1 atom stereocenters. The highest BCUT2D eigenvalue weighted by Gasteiger charge is 2.31. The van der Waals surface area contributed by atoms with Gasteiger partial charge in [0.1, 0.15) is 0 Å². The summed E-state index contributed by atoms with van der Waals surface area (Å²) in [6, 6.07) is 7.96. The third kappa shape index (κ3) is 2.75. The fraction of sp³-hybridized carbons (Fsp3) is 0.500. The normalized spacial score (nSPS) is 25.4. The van der Waals surface area contributed by atoms with Gasteiger partial charge in [0.05, 0.1) is 18.8 Å². The predicted molar refractivity (Wildman–Crippen MR) is 67.6 cm³/mol. The lowest BCUT2D eigenvalue weighted by atomic mass is 9.93. The van der Waals surface area contributed by atoms with Crippen molar-refractivity contribution in [2.75, 3.05) is 25.1 Å². The fourth-order valence-electron chi connectivity index (χ4n) is 1.95. The number of rotatable bonds is 3. The molecule has 1 fully saturated rings. The molecule has 1 aromatic carbocycles. The molecule has 1 saturated heterocycles. The van der Waals surface area contributed by atoms with Crippen LogP contribution in [0.2, 0.25) is 0 Å². The number of benzene rings is 1. The van der Waals surface area contributed by atoms with Crippen molar-refractivity contribution in [2.45, 2.75) is 18.4 Å². The average molecular weight is 286 g/mol. The zero-order chi connectivity index (χ0) is 11.4. The minimum Gasteiger partial charge on any atom is -0.394 e. The van der Waals surface area contributed by atoms with Crippen LogP contribution < -0.4 is 5.32 Å². The molecular formula is C12H16BrNO2. The second-order valence-electron chi connectivity index (χ2n) is 4.23. The van der Waals surface area contributed by atoms with Crippen LogP contribution in [0.25, 0.3) is 0 Å². The van der Waals surface area contributed by atoms with Gasteiger partial charge in [-0.1, -0.05) is 15.9 Å². The molecule has 2 N–H and O–H groups in total. The highest BCUT2D eigenvalue weighted by molar-refractivity contribution is 9.10. The first-order valence-electron chi connectivity index (χ1n) is 5.46. The monoisotopic (exact) mass is 285 g/mol. The molecule has 0 radical (unpaired) electrons. The van der Waals surface area contributed by atoms with Crippen molar-refractivity contribution >= 4 is 21.6 Å². The summed E-state index contributed by atoms with van der Waals surface area (Å²) >= 11 is 3.40. The molecule has 1 aliphatic heterocycles. The van der Waals surface area contributed by atoms with E-state index in [-0.39, 0.29) is 12.1 Å². The number of hydrogen-bond donors (Lipinski definition) is 2. The number of aliphatic hydroxyl groups excluding tert-OH is 1. The van der Waals surface area contributed by atoms with Crippen molar-refractivity contribution in [3.63, 3.8) is 0 Å². The van der Waals surface area contributed by atoms with E-state index in [9.17, 15) is 5.11 Å². The summed E-state index contributed by atoms with van der Waals surface area (Å²) < 4.78 is 6.49. The Balaban J connectivity index is 2.08. The van der Waals surface area contributed by atoms with Crippen LogP contribution in [0.4, 0.5) is 5.69 Å². The lowest BCUT2D eigenvalue weighted by Crippen LogP contribution is -2.49. The molecule has 1 aromatic rings. The van der Waals surface area contributed by atoms with E-state index in [1.165, 1.54) is 0 Å². The highest BCUT2D eigenvalue weighted by Crippen LogP contribution is 2.25. The molecular weight excluding hydrogens is 270 g/mol. The maximum Gasteiger partial charge on any atom is 0.0838 e. The molecule has 0 amide bonds. The van der Waals surface area contributed by atoms with Gasteiger partial charge >= 0.3 is 0 Å². The number of aliphatic hydroxyl groups is 1. The lowest BCUT2D eigenvalue weighted by Gasteiger charge is -2.37. The molecule has 1 heterocycles. The first-order chi connectivity index (χ1) is 7.74. The third-order valence-corrected chi connectivity index (χ3v) is 3.41. The van der Waals surface area contributed by atoms with Crippen LogP contribution in [-0.4, -0.2) is 30.5 Å². The van der Waals surface area contributed by atoms with Gasteiger partial charge in [0, 0.05) is 16.8 Å². The van der Waals surface area contributed by atoms with E-state index in [0.29, 0.717) is 6.61 Å². The van der Waals surface area contributed by atoms with Crippen molar-refractivity contribution in [3.05, 3.63) is 28.7 Å². The Hall–Kier alpha value is -0.580. The SMILES string of the molecule is OCC1(Nc2ccc(Br)cc2)CCCOC1. The number of ether oxygens (including phenoxy) is 1. The van der Waals surface area contributed by atoms with Gasteiger partial charge in [0.15, 0.2) is 0 Å². The summed E-state index contributed by atoms with van der Waals surface area (Å²) in [6.07, 6.45) is 1.93. The van der Waals surface area contributed by atoms with Crippen LogP contribution >= 0.6 is 15.9 Å². The zero-order valence-electron chi connectivity index (χ0n) is 9.08. The largest absolute Gasteiger partial charge is 0.394 e. The second-order valence-corrected chi connectivity index (χ2v) is 5.14. The van der Waals surface area contributed by atoms with Gasteiger partial charge in [0.25, 0.3) is 0 Å². The highest BCUT2D eigenvalue weighted by atomic mass is 79.9. The summed E-state index contributed by atoms with van der Waals surface area (Å²) in [5.74, 6) is 0. The molecule has 3 nitrogen and oxygen atoms in total. The van der Waals surface area contributed by atoms with Crippen molar-refractivity contribution in [1.82, 2.24) is 0 Å². The topological polar surface area (TPSA) is 41.5 Å². The molecule has 4 heteroatoms. The minimum atomic E-state index is -0.313. The lowest BCUT2D eigenvalue weighted by molar-refractivity contribution is 0.0217. The smallest absolute Gasteiger partial charge is 0.0838 e. The van der Waals surface area contributed by atoms with Gasteiger partial charge in [-0.25, -0.2) is 0 Å². The van der Waals surface area contributed by atoms with E-state index in [2.05, 4.69) is 21.2 Å². The molecule has 0 aromatic heterocycles. The first-order valence-corrected chi connectivity index (χ1v) is 6.26. The van der Waals surface area contributed by atoms with E-state index < -0.39 is 0 Å². The first kappa shape index (κ1) is 11.9. The summed E-state index contributed by atoms with van der Waals surface area (Å²) in [5, 5.41) is 12.9. The molecule has 88 valence electrons. The maximum atomic E-state index is 9.51. The number of anilines is 1. The van der Waals surface area contributed by atoms with Crippen molar-refractivity contribution in [1.29, 1.82) is 0 Å². The molecule has 0 bridgehead atoms. The van der Waals surface area contributed by atoms with E-state index in [1.807, 2.05) is 24.3 Å². The van der Waals surface area contributed by atoms with Crippen LogP contribution in [0.1, 0.15) is 12.8 Å². The molecule has 0 aliphatic carbocycles. The van der Waals surface area contributed by atoms with Crippen LogP contribution in [0, 0.1) is 0 Å². The maximum absolute atomic E-state index is 9.51. The molecule has 0 spiro atoms. The summed E-state index contributed by atoms with van der Waals surface area (Å²) in [4.78, 5) is 0. The van der Waals surface area contributed by atoms with Crippen LogP contribution in [0.3, 0.4) is 0 Å². The predicted octanol–water partition coefficient (Wildman–Crippen LogP) is 2.40. The standard InChI is InChI=1S/C12H16BrNO2/c13-10-2-4-11(5-3-10)14-12(8-15)6-1-7-16-9-12/h2-5,14-15H,1,6-9H2. The fourth-order valence-corrected chi connectivity index (χ4v) is 2.22. The molecule has 2 rings (SSSR count). The summed E-state index contributed by atoms with van der Waals surface area (Å²) in [7, 11) is 0. The van der Waals surface area contributed by atoms with E-state index in [1.54, 1.807) is 0 Å². The minimum absolute atomic E-state index is 0.100. The van der Waals surface area contributed by atoms with Gasteiger partial charge in [0.2, 0.25) is 0 Å². The quantitative estimate of drug-likeness (QED) is 0.896. The Morgan fingerprint density at radius 3 is 2.69 bits per heavy atom. The summed E-state index contributed by atoms with van der Waals surface area (Å²) in [6.45, 7) is 1.46. The van der Waals surface area contributed by atoms with Crippen LogP contribution in [0.5, 0.6) is 0 Å².